The van der Waals surface area contributed by atoms with E-state index in [2.05, 4.69) is 15.4 Å². The maximum absolute atomic E-state index is 12.3. The van der Waals surface area contributed by atoms with Gasteiger partial charge in [-0.15, -0.1) is 0 Å². The molecule has 0 aliphatic carbocycles. The monoisotopic (exact) mass is 342 g/mol. The van der Waals surface area contributed by atoms with Gasteiger partial charge in [-0.2, -0.15) is 0 Å². The Hall–Kier alpha value is -3.02. The van der Waals surface area contributed by atoms with Crippen LogP contribution in [0.4, 0.5) is 10.5 Å². The Morgan fingerprint density at radius 3 is 2.04 bits per heavy atom. The first-order valence-corrected chi connectivity index (χ1v) is 7.78. The van der Waals surface area contributed by atoms with Crippen LogP contribution in [0, 0.1) is 0 Å². The minimum atomic E-state index is -0.567. The number of anilines is 1. The van der Waals surface area contributed by atoms with Gasteiger partial charge in [0.05, 0.1) is 25.3 Å². The molecule has 0 aliphatic heterocycles. The lowest BCUT2D eigenvalue weighted by atomic mass is 9.94. The molecule has 25 heavy (non-hydrogen) atoms. The van der Waals surface area contributed by atoms with Crippen LogP contribution in [-0.4, -0.2) is 26.2 Å². The molecule has 0 saturated carbocycles. The van der Waals surface area contributed by atoms with Crippen molar-refractivity contribution < 1.29 is 19.1 Å². The van der Waals surface area contributed by atoms with Gasteiger partial charge >= 0.3 is 12.0 Å². The third kappa shape index (κ3) is 4.73. The number of nitrogens with one attached hydrogen (secondary N) is 2. The van der Waals surface area contributed by atoms with Crippen LogP contribution in [0.5, 0.6) is 5.75 Å². The quantitative estimate of drug-likeness (QED) is 0.815. The number of benzene rings is 2. The Balaban J connectivity index is 2.01. The van der Waals surface area contributed by atoms with Crippen LogP contribution in [-0.2, 0) is 10.3 Å². The summed E-state index contributed by atoms with van der Waals surface area (Å²) < 4.78 is 9.78. The van der Waals surface area contributed by atoms with Gasteiger partial charge in [0, 0.05) is 5.69 Å². The first-order chi connectivity index (χ1) is 11.9. The zero-order chi connectivity index (χ0) is 18.4. The molecule has 6 heteroatoms. The average Bonchev–Trinajstić information content (AvgIpc) is 2.61. The van der Waals surface area contributed by atoms with Crippen molar-refractivity contribution in [2.24, 2.45) is 0 Å². The van der Waals surface area contributed by atoms with Crippen LogP contribution in [0.15, 0.2) is 48.5 Å². The number of ether oxygens (including phenoxy) is 2. The van der Waals surface area contributed by atoms with Gasteiger partial charge in [0.2, 0.25) is 0 Å². The van der Waals surface area contributed by atoms with E-state index in [1.165, 1.54) is 7.11 Å². The second-order valence-electron chi connectivity index (χ2n) is 6.00. The smallest absolute Gasteiger partial charge is 0.337 e. The molecule has 2 amide bonds. The van der Waals surface area contributed by atoms with E-state index in [-0.39, 0.29) is 6.03 Å². The molecule has 0 saturated heterocycles. The SMILES string of the molecule is COC(=O)c1ccc(NC(=O)NC(C)(C)c2ccc(OC)cc2)cc1. The highest BCUT2D eigenvalue weighted by atomic mass is 16.5. The van der Waals surface area contributed by atoms with Crippen LogP contribution in [0.1, 0.15) is 29.8 Å². The largest absolute Gasteiger partial charge is 0.497 e. The predicted octanol–water partition coefficient (Wildman–Crippen LogP) is 3.54. The molecular weight excluding hydrogens is 320 g/mol. The van der Waals surface area contributed by atoms with Crippen molar-refractivity contribution in [1.29, 1.82) is 0 Å². The Labute approximate surface area is 147 Å². The van der Waals surface area contributed by atoms with Gasteiger partial charge in [0.1, 0.15) is 5.75 Å². The summed E-state index contributed by atoms with van der Waals surface area (Å²) in [6, 6.07) is 13.6. The summed E-state index contributed by atoms with van der Waals surface area (Å²) in [7, 11) is 2.93. The number of carbonyl (C=O) groups excluding carboxylic acids is 2. The van der Waals surface area contributed by atoms with Gasteiger partial charge in [-0.05, 0) is 55.8 Å². The number of amides is 2. The molecule has 2 aromatic carbocycles. The number of methoxy groups -OCH3 is 2. The van der Waals surface area contributed by atoms with Gasteiger partial charge < -0.3 is 20.1 Å². The number of urea groups is 1. The lowest BCUT2D eigenvalue weighted by Gasteiger charge is -2.27. The van der Waals surface area contributed by atoms with E-state index >= 15 is 0 Å². The lowest BCUT2D eigenvalue weighted by molar-refractivity contribution is 0.0600. The highest BCUT2D eigenvalue weighted by Gasteiger charge is 2.23. The number of hydrogen-bond acceptors (Lipinski definition) is 4. The Morgan fingerprint density at radius 1 is 0.920 bits per heavy atom. The fourth-order valence-electron chi connectivity index (χ4n) is 2.33. The summed E-state index contributed by atoms with van der Waals surface area (Å²) in [5.41, 5.74) is 1.38. The van der Waals surface area contributed by atoms with Gasteiger partial charge in [-0.25, -0.2) is 9.59 Å². The summed E-state index contributed by atoms with van der Waals surface area (Å²) in [5, 5.41) is 5.67. The molecule has 0 fully saturated rings. The molecule has 0 aromatic heterocycles. The average molecular weight is 342 g/mol. The molecule has 0 aliphatic rings. The van der Waals surface area contributed by atoms with E-state index < -0.39 is 11.5 Å². The zero-order valence-electron chi connectivity index (χ0n) is 14.8. The summed E-state index contributed by atoms with van der Waals surface area (Å²) in [6.45, 7) is 3.82. The van der Waals surface area contributed by atoms with Crippen molar-refractivity contribution in [3.05, 3.63) is 59.7 Å². The van der Waals surface area contributed by atoms with E-state index in [0.717, 1.165) is 11.3 Å². The zero-order valence-corrected chi connectivity index (χ0v) is 14.8. The molecule has 0 bridgehead atoms. The highest BCUT2D eigenvalue weighted by molar-refractivity contribution is 5.92. The molecule has 2 rings (SSSR count). The summed E-state index contributed by atoms with van der Waals surface area (Å²) >= 11 is 0. The number of rotatable bonds is 5. The maximum Gasteiger partial charge on any atom is 0.337 e. The minimum Gasteiger partial charge on any atom is -0.497 e. The van der Waals surface area contributed by atoms with E-state index in [0.29, 0.717) is 11.3 Å². The third-order valence-electron chi connectivity index (χ3n) is 3.80. The fraction of sp³-hybridized carbons (Fsp3) is 0.263. The van der Waals surface area contributed by atoms with Crippen LogP contribution >= 0.6 is 0 Å². The van der Waals surface area contributed by atoms with Crippen LogP contribution < -0.4 is 15.4 Å². The minimum absolute atomic E-state index is 0.341. The van der Waals surface area contributed by atoms with Gasteiger partial charge in [0.15, 0.2) is 0 Å². The second-order valence-corrected chi connectivity index (χ2v) is 6.00. The first kappa shape index (κ1) is 18.3. The lowest BCUT2D eigenvalue weighted by Crippen LogP contribution is -2.43. The predicted molar refractivity (Wildman–Crippen MR) is 96.0 cm³/mol. The first-order valence-electron chi connectivity index (χ1n) is 7.78. The molecule has 0 atom stereocenters. The van der Waals surface area contributed by atoms with Crippen molar-refractivity contribution in [3.8, 4) is 5.75 Å². The topological polar surface area (TPSA) is 76.7 Å². The van der Waals surface area contributed by atoms with E-state index in [4.69, 9.17) is 4.74 Å². The Bertz CT molecular complexity index is 737. The molecule has 0 radical (unpaired) electrons. The fourth-order valence-corrected chi connectivity index (χ4v) is 2.33. The van der Waals surface area contributed by atoms with E-state index in [9.17, 15) is 9.59 Å². The van der Waals surface area contributed by atoms with Crippen molar-refractivity contribution in [2.45, 2.75) is 19.4 Å². The Morgan fingerprint density at radius 2 is 1.52 bits per heavy atom. The van der Waals surface area contributed by atoms with Crippen LogP contribution in [0.25, 0.3) is 0 Å². The standard InChI is InChI=1S/C19H22N2O4/c1-19(2,14-7-11-16(24-3)12-8-14)21-18(23)20-15-9-5-13(6-10-15)17(22)25-4/h5-12H,1-4H3,(H2,20,21,23). The van der Waals surface area contributed by atoms with Crippen molar-refractivity contribution >= 4 is 17.7 Å². The summed E-state index contributed by atoms with van der Waals surface area (Å²) in [6.07, 6.45) is 0. The van der Waals surface area contributed by atoms with Gasteiger partial charge in [-0.1, -0.05) is 12.1 Å². The van der Waals surface area contributed by atoms with Gasteiger partial charge in [-0.3, -0.25) is 0 Å². The molecule has 2 aromatic rings. The molecule has 0 unspecified atom stereocenters. The van der Waals surface area contributed by atoms with E-state index in [1.54, 1.807) is 31.4 Å². The summed E-state index contributed by atoms with van der Waals surface area (Å²) in [4.78, 5) is 23.7. The van der Waals surface area contributed by atoms with Crippen LogP contribution in [0.2, 0.25) is 0 Å². The number of hydrogen-bond donors (Lipinski definition) is 2. The molecule has 132 valence electrons. The van der Waals surface area contributed by atoms with Gasteiger partial charge in [0.25, 0.3) is 0 Å². The summed E-state index contributed by atoms with van der Waals surface area (Å²) in [5.74, 6) is 0.339. The molecule has 6 nitrogen and oxygen atoms in total. The van der Waals surface area contributed by atoms with Crippen molar-refractivity contribution in [3.63, 3.8) is 0 Å². The normalized spacial score (nSPS) is 10.7. The third-order valence-corrected chi connectivity index (χ3v) is 3.80. The molecule has 2 N–H and O–H groups in total. The number of esters is 1. The second kappa shape index (κ2) is 7.70. The molecule has 0 heterocycles. The number of carbonyl (C=O) groups is 2. The van der Waals surface area contributed by atoms with Crippen LogP contribution in [0.3, 0.4) is 0 Å². The maximum atomic E-state index is 12.3. The molecule has 0 spiro atoms. The Kier molecular flexibility index (Phi) is 5.64. The van der Waals surface area contributed by atoms with E-state index in [1.807, 2.05) is 38.1 Å². The highest BCUT2D eigenvalue weighted by Crippen LogP contribution is 2.23. The molecular formula is C19H22N2O4. The van der Waals surface area contributed by atoms with Crippen molar-refractivity contribution in [2.75, 3.05) is 19.5 Å². The van der Waals surface area contributed by atoms with Crippen molar-refractivity contribution in [1.82, 2.24) is 5.32 Å².